The molecule has 1 atom stereocenters. The number of rotatable bonds is 5. The molecule has 1 amide bonds. The van der Waals surface area contributed by atoms with Crippen LogP contribution in [0, 0.1) is 0 Å². The molecule has 1 heterocycles. The van der Waals surface area contributed by atoms with Crippen LogP contribution in [0.3, 0.4) is 0 Å². The fraction of sp³-hybridized carbons (Fsp3) is 0.556. The van der Waals surface area contributed by atoms with Crippen molar-refractivity contribution in [2.45, 2.75) is 32.7 Å². The number of aliphatic carboxylic acids is 1. The third-order valence-electron chi connectivity index (χ3n) is 1.96. The van der Waals surface area contributed by atoms with Crippen molar-refractivity contribution in [3.05, 3.63) is 10.6 Å². The molecule has 0 aliphatic rings. The fourth-order valence-corrected chi connectivity index (χ4v) is 1.87. The highest BCUT2D eigenvalue weighted by Gasteiger charge is 2.17. The highest BCUT2D eigenvalue weighted by atomic mass is 32.1. The van der Waals surface area contributed by atoms with Crippen LogP contribution in [0.2, 0.25) is 0 Å². The number of nitrogens with one attached hydrogen (secondary N) is 1. The van der Waals surface area contributed by atoms with Crippen molar-refractivity contribution in [2.24, 2.45) is 0 Å². The number of nitrogens with zero attached hydrogens (tertiary/aromatic N) is 2. The van der Waals surface area contributed by atoms with Gasteiger partial charge in [-0.25, -0.2) is 0 Å². The van der Waals surface area contributed by atoms with Crippen LogP contribution in [0.15, 0.2) is 0 Å². The van der Waals surface area contributed by atoms with Crippen molar-refractivity contribution in [3.8, 4) is 0 Å². The Kier molecular flexibility index (Phi) is 4.36. The van der Waals surface area contributed by atoms with Gasteiger partial charge in [0.25, 0.3) is 5.91 Å². The first-order valence-corrected chi connectivity index (χ1v) is 5.65. The summed E-state index contributed by atoms with van der Waals surface area (Å²) in [6.07, 6.45) is 0.534. The zero-order chi connectivity index (χ0) is 12.1. The van der Waals surface area contributed by atoms with E-state index < -0.39 is 12.0 Å². The lowest BCUT2D eigenvalue weighted by Gasteiger charge is -2.10. The van der Waals surface area contributed by atoms with Crippen molar-refractivity contribution in [1.29, 1.82) is 0 Å². The van der Waals surface area contributed by atoms with Crippen molar-refractivity contribution in [3.63, 3.8) is 0 Å². The van der Waals surface area contributed by atoms with E-state index in [-0.39, 0.29) is 12.3 Å². The molecule has 88 valence electrons. The summed E-state index contributed by atoms with van der Waals surface area (Å²) in [7, 11) is 0. The summed E-state index contributed by atoms with van der Waals surface area (Å²) in [6, 6.07) is -0.406. The first kappa shape index (κ1) is 12.6. The van der Waals surface area contributed by atoms with Crippen molar-refractivity contribution < 1.29 is 14.7 Å². The van der Waals surface area contributed by atoms with Gasteiger partial charge in [0.15, 0.2) is 0 Å². The third-order valence-corrected chi connectivity index (χ3v) is 2.72. The molecule has 0 radical (unpaired) electrons. The molecular formula is C9H13N3O3S. The normalized spacial score (nSPS) is 12.1. The Bertz CT molecular complexity index is 391. The standard InChI is InChI=1S/C9H13N3O3S/c1-3-6-8(16-12-11-6)9(15)10-5(2)4-7(13)14/h5H,3-4H2,1-2H3,(H,10,15)(H,13,14). The smallest absolute Gasteiger partial charge is 0.305 e. The van der Waals surface area contributed by atoms with Gasteiger partial charge in [-0.2, -0.15) is 0 Å². The molecule has 0 bridgehead atoms. The van der Waals surface area contributed by atoms with Gasteiger partial charge in [0.2, 0.25) is 0 Å². The molecule has 0 saturated carbocycles. The van der Waals surface area contributed by atoms with Crippen molar-refractivity contribution in [1.82, 2.24) is 14.9 Å². The SMILES string of the molecule is CCc1nnsc1C(=O)NC(C)CC(=O)O. The summed E-state index contributed by atoms with van der Waals surface area (Å²) in [5, 5.41) is 15.0. The topological polar surface area (TPSA) is 92.2 Å². The van der Waals surface area contributed by atoms with Crippen molar-refractivity contribution >= 4 is 23.4 Å². The summed E-state index contributed by atoms with van der Waals surface area (Å²) in [4.78, 5) is 22.6. The number of amides is 1. The molecule has 0 fully saturated rings. The first-order valence-electron chi connectivity index (χ1n) is 4.88. The van der Waals surface area contributed by atoms with Crippen LogP contribution >= 0.6 is 11.5 Å². The van der Waals surface area contributed by atoms with Gasteiger partial charge in [0, 0.05) is 6.04 Å². The van der Waals surface area contributed by atoms with Crippen LogP contribution in [-0.2, 0) is 11.2 Å². The second kappa shape index (κ2) is 5.55. The van der Waals surface area contributed by atoms with E-state index >= 15 is 0 Å². The van der Waals surface area contributed by atoms with Crippen LogP contribution in [0.4, 0.5) is 0 Å². The molecule has 0 saturated heterocycles. The maximum absolute atomic E-state index is 11.7. The second-order valence-corrected chi connectivity index (χ2v) is 4.13. The number of hydrogen-bond donors (Lipinski definition) is 2. The molecule has 2 N–H and O–H groups in total. The van der Waals surface area contributed by atoms with Crippen LogP contribution in [0.5, 0.6) is 0 Å². The maximum atomic E-state index is 11.7. The highest BCUT2D eigenvalue weighted by Crippen LogP contribution is 2.11. The van der Waals surface area contributed by atoms with Crippen LogP contribution in [-0.4, -0.2) is 32.6 Å². The average molecular weight is 243 g/mol. The first-order chi connectivity index (χ1) is 7.54. The summed E-state index contributed by atoms with van der Waals surface area (Å²) < 4.78 is 3.70. The van der Waals surface area contributed by atoms with E-state index in [9.17, 15) is 9.59 Å². The zero-order valence-corrected chi connectivity index (χ0v) is 9.87. The Hall–Kier alpha value is -1.50. The second-order valence-electron chi connectivity index (χ2n) is 3.37. The molecule has 6 nitrogen and oxygen atoms in total. The molecule has 7 heteroatoms. The Morgan fingerprint density at radius 3 is 2.81 bits per heavy atom. The quantitative estimate of drug-likeness (QED) is 0.794. The summed E-state index contributed by atoms with van der Waals surface area (Å²) in [5.74, 6) is -1.24. The van der Waals surface area contributed by atoms with Gasteiger partial charge in [-0.1, -0.05) is 11.4 Å². The van der Waals surface area contributed by atoms with E-state index in [1.165, 1.54) is 0 Å². The van der Waals surface area contributed by atoms with Crippen molar-refractivity contribution in [2.75, 3.05) is 0 Å². The molecule has 1 aromatic rings. The maximum Gasteiger partial charge on any atom is 0.305 e. The summed E-state index contributed by atoms with van der Waals surface area (Å²) in [6.45, 7) is 3.53. The number of aryl methyl sites for hydroxylation is 1. The van der Waals surface area contributed by atoms with E-state index in [4.69, 9.17) is 5.11 Å². The lowest BCUT2D eigenvalue weighted by molar-refractivity contribution is -0.137. The lowest BCUT2D eigenvalue weighted by Crippen LogP contribution is -2.34. The predicted molar refractivity (Wildman–Crippen MR) is 58.5 cm³/mol. The summed E-state index contributed by atoms with van der Waals surface area (Å²) in [5.41, 5.74) is 0.644. The molecule has 0 spiro atoms. The molecular weight excluding hydrogens is 230 g/mol. The molecule has 0 aromatic carbocycles. The van der Waals surface area contributed by atoms with Crippen LogP contribution < -0.4 is 5.32 Å². The minimum Gasteiger partial charge on any atom is -0.481 e. The summed E-state index contributed by atoms with van der Waals surface area (Å²) >= 11 is 1.02. The molecule has 0 aliphatic carbocycles. The fourth-order valence-electron chi connectivity index (χ4n) is 1.21. The van der Waals surface area contributed by atoms with Gasteiger partial charge >= 0.3 is 5.97 Å². The van der Waals surface area contributed by atoms with Gasteiger partial charge < -0.3 is 10.4 Å². The van der Waals surface area contributed by atoms with Gasteiger partial charge in [-0.05, 0) is 24.9 Å². The number of carbonyl (C=O) groups is 2. The van der Waals surface area contributed by atoms with E-state index in [1.807, 2.05) is 6.92 Å². The minimum absolute atomic E-state index is 0.0978. The number of aromatic nitrogens is 2. The van der Waals surface area contributed by atoms with Crippen LogP contribution in [0.25, 0.3) is 0 Å². The third kappa shape index (κ3) is 3.27. The molecule has 1 aromatic heterocycles. The molecule has 0 aliphatic heterocycles. The van der Waals surface area contributed by atoms with E-state index in [0.29, 0.717) is 17.0 Å². The number of carbonyl (C=O) groups excluding carboxylic acids is 1. The Balaban J connectivity index is 2.62. The molecule has 1 unspecified atom stereocenters. The largest absolute Gasteiger partial charge is 0.481 e. The lowest BCUT2D eigenvalue weighted by atomic mass is 10.2. The van der Waals surface area contributed by atoms with E-state index in [0.717, 1.165) is 11.5 Å². The number of hydrogen-bond acceptors (Lipinski definition) is 5. The zero-order valence-electron chi connectivity index (χ0n) is 9.06. The van der Waals surface area contributed by atoms with Gasteiger partial charge in [-0.15, -0.1) is 5.10 Å². The van der Waals surface area contributed by atoms with Gasteiger partial charge in [0.1, 0.15) is 4.88 Å². The number of carboxylic acid groups (broad SMARTS) is 1. The van der Waals surface area contributed by atoms with E-state index in [2.05, 4.69) is 14.9 Å². The monoisotopic (exact) mass is 243 g/mol. The minimum atomic E-state index is -0.939. The van der Waals surface area contributed by atoms with Gasteiger partial charge in [-0.3, -0.25) is 9.59 Å². The number of carboxylic acids is 1. The molecule has 16 heavy (non-hydrogen) atoms. The van der Waals surface area contributed by atoms with E-state index in [1.54, 1.807) is 6.92 Å². The Labute approximate surface area is 96.8 Å². The average Bonchev–Trinajstić information content (AvgIpc) is 2.63. The molecule has 1 rings (SSSR count). The van der Waals surface area contributed by atoms with Crippen LogP contribution in [0.1, 0.15) is 35.6 Å². The Morgan fingerprint density at radius 1 is 1.56 bits per heavy atom. The highest BCUT2D eigenvalue weighted by molar-refractivity contribution is 7.08. The Morgan fingerprint density at radius 2 is 2.25 bits per heavy atom. The van der Waals surface area contributed by atoms with Gasteiger partial charge in [0.05, 0.1) is 12.1 Å². The predicted octanol–water partition coefficient (Wildman–Crippen LogP) is 0.694.